The first kappa shape index (κ1) is 10.8. The van der Waals surface area contributed by atoms with Crippen molar-refractivity contribution in [1.82, 2.24) is 9.55 Å². The molecule has 18 heavy (non-hydrogen) atoms. The van der Waals surface area contributed by atoms with E-state index in [-0.39, 0.29) is 0 Å². The summed E-state index contributed by atoms with van der Waals surface area (Å²) >= 11 is 0. The summed E-state index contributed by atoms with van der Waals surface area (Å²) in [5, 5.41) is 0. The van der Waals surface area contributed by atoms with Crippen LogP contribution >= 0.6 is 0 Å². The van der Waals surface area contributed by atoms with Crippen LogP contribution in [-0.4, -0.2) is 9.55 Å². The van der Waals surface area contributed by atoms with Gasteiger partial charge in [0, 0.05) is 29.3 Å². The van der Waals surface area contributed by atoms with Gasteiger partial charge in [-0.05, 0) is 43.3 Å². The molecule has 0 saturated carbocycles. The lowest BCUT2D eigenvalue weighted by molar-refractivity contribution is 1.02. The van der Waals surface area contributed by atoms with Crippen LogP contribution in [0.2, 0.25) is 0 Å². The maximum Gasteiger partial charge on any atom is 0.0532 e. The number of hydrogen-bond donors (Lipinski definition) is 0. The molecule has 0 fully saturated rings. The molecule has 0 N–H and O–H groups in total. The molecule has 2 nitrogen and oxygen atoms in total. The summed E-state index contributed by atoms with van der Waals surface area (Å²) in [6.45, 7) is 2.12. The van der Waals surface area contributed by atoms with E-state index in [0.29, 0.717) is 0 Å². The molecule has 1 aromatic carbocycles. The Balaban J connectivity index is 2.19. The van der Waals surface area contributed by atoms with E-state index < -0.39 is 0 Å². The zero-order valence-electron chi connectivity index (χ0n) is 10.2. The lowest BCUT2D eigenvalue weighted by Gasteiger charge is -2.11. The largest absolute Gasteiger partial charge is 0.314 e. The highest BCUT2D eigenvalue weighted by atomic mass is 15.0. The average molecular weight is 234 g/mol. The van der Waals surface area contributed by atoms with Gasteiger partial charge >= 0.3 is 0 Å². The molecule has 0 aliphatic carbocycles. The van der Waals surface area contributed by atoms with Crippen molar-refractivity contribution in [2.24, 2.45) is 0 Å². The summed E-state index contributed by atoms with van der Waals surface area (Å²) in [6, 6.07) is 18.8. The molecule has 2 heteroatoms. The molecular formula is C16H14N2. The van der Waals surface area contributed by atoms with Gasteiger partial charge in [-0.2, -0.15) is 0 Å². The monoisotopic (exact) mass is 234 g/mol. The Morgan fingerprint density at radius 1 is 0.833 bits per heavy atom. The Morgan fingerprint density at radius 2 is 1.56 bits per heavy atom. The molecule has 2 heterocycles. The summed E-state index contributed by atoms with van der Waals surface area (Å²) in [5.41, 5.74) is 4.79. The van der Waals surface area contributed by atoms with Crippen LogP contribution in [0.15, 0.2) is 67.0 Å². The number of nitrogens with zero attached hydrogens (tertiary/aromatic N) is 2. The standard InChI is InChI=1S/C16H14N2/c1-13-7-8-16(14-9-11-17-12-10-14)18(13)15-5-3-2-4-6-15/h2-12H,1H3. The normalized spacial score (nSPS) is 10.5. The minimum absolute atomic E-state index is 1.18. The van der Waals surface area contributed by atoms with Crippen LogP contribution in [0.25, 0.3) is 16.9 Å². The van der Waals surface area contributed by atoms with Crippen LogP contribution in [0.5, 0.6) is 0 Å². The minimum Gasteiger partial charge on any atom is -0.314 e. The van der Waals surface area contributed by atoms with Gasteiger partial charge in [-0.25, -0.2) is 0 Å². The van der Waals surface area contributed by atoms with Crippen LogP contribution in [0, 0.1) is 6.92 Å². The van der Waals surface area contributed by atoms with Crippen molar-refractivity contribution in [3.05, 3.63) is 72.7 Å². The highest BCUT2D eigenvalue weighted by molar-refractivity contribution is 5.63. The van der Waals surface area contributed by atoms with Gasteiger partial charge in [-0.15, -0.1) is 0 Å². The number of aryl methyl sites for hydroxylation is 1. The van der Waals surface area contributed by atoms with Crippen molar-refractivity contribution in [2.75, 3.05) is 0 Å². The first-order chi connectivity index (χ1) is 8.86. The Labute approximate surface area is 107 Å². The highest BCUT2D eigenvalue weighted by Gasteiger charge is 2.08. The van der Waals surface area contributed by atoms with Gasteiger partial charge in [0.1, 0.15) is 0 Å². The zero-order valence-corrected chi connectivity index (χ0v) is 10.2. The quantitative estimate of drug-likeness (QED) is 0.658. The molecule has 3 rings (SSSR count). The SMILES string of the molecule is Cc1ccc(-c2ccncc2)n1-c1ccccc1. The van der Waals surface area contributed by atoms with E-state index in [2.05, 4.69) is 52.9 Å². The zero-order chi connectivity index (χ0) is 12.4. The van der Waals surface area contributed by atoms with Gasteiger partial charge in [0.15, 0.2) is 0 Å². The third-order valence-corrected chi connectivity index (χ3v) is 3.07. The maximum absolute atomic E-state index is 4.07. The minimum atomic E-state index is 1.18. The summed E-state index contributed by atoms with van der Waals surface area (Å²) in [5.74, 6) is 0. The topological polar surface area (TPSA) is 17.8 Å². The van der Waals surface area contributed by atoms with Crippen molar-refractivity contribution in [3.8, 4) is 16.9 Å². The molecule has 0 saturated heterocycles. The molecule has 2 aromatic heterocycles. The maximum atomic E-state index is 4.07. The van der Waals surface area contributed by atoms with Crippen LogP contribution in [0.1, 0.15) is 5.69 Å². The molecule has 3 aromatic rings. The van der Waals surface area contributed by atoms with Crippen molar-refractivity contribution in [2.45, 2.75) is 6.92 Å². The summed E-state index contributed by atoms with van der Waals surface area (Å²) in [7, 11) is 0. The number of pyridine rings is 1. The second-order valence-electron chi connectivity index (χ2n) is 4.27. The third-order valence-electron chi connectivity index (χ3n) is 3.07. The van der Waals surface area contributed by atoms with Gasteiger partial charge in [-0.3, -0.25) is 4.98 Å². The predicted octanol–water partition coefficient (Wildman–Crippen LogP) is 3.85. The molecule has 0 unspecified atom stereocenters. The fraction of sp³-hybridized carbons (Fsp3) is 0.0625. The average Bonchev–Trinajstić information content (AvgIpc) is 2.83. The predicted molar refractivity (Wildman–Crippen MR) is 73.7 cm³/mol. The molecule has 0 amide bonds. The fourth-order valence-electron chi connectivity index (χ4n) is 2.21. The molecule has 0 aliphatic heterocycles. The molecule has 0 spiro atoms. The summed E-state index contributed by atoms with van der Waals surface area (Å²) in [4.78, 5) is 4.07. The lowest BCUT2D eigenvalue weighted by Crippen LogP contribution is -1.98. The third kappa shape index (κ3) is 1.82. The molecule has 0 aliphatic rings. The van der Waals surface area contributed by atoms with Gasteiger partial charge in [-0.1, -0.05) is 18.2 Å². The Hall–Kier alpha value is -2.35. The molecule has 88 valence electrons. The smallest absolute Gasteiger partial charge is 0.0532 e. The van der Waals surface area contributed by atoms with E-state index in [4.69, 9.17) is 0 Å². The van der Waals surface area contributed by atoms with Crippen molar-refractivity contribution >= 4 is 0 Å². The first-order valence-corrected chi connectivity index (χ1v) is 6.00. The van der Waals surface area contributed by atoms with Crippen LogP contribution < -0.4 is 0 Å². The van der Waals surface area contributed by atoms with Crippen LogP contribution in [0.3, 0.4) is 0 Å². The van der Waals surface area contributed by atoms with E-state index in [1.807, 2.05) is 30.6 Å². The lowest BCUT2D eigenvalue weighted by atomic mass is 10.2. The van der Waals surface area contributed by atoms with Crippen molar-refractivity contribution < 1.29 is 0 Å². The van der Waals surface area contributed by atoms with E-state index in [1.165, 1.54) is 22.6 Å². The second kappa shape index (κ2) is 4.49. The van der Waals surface area contributed by atoms with Crippen molar-refractivity contribution in [1.29, 1.82) is 0 Å². The van der Waals surface area contributed by atoms with E-state index >= 15 is 0 Å². The Kier molecular flexibility index (Phi) is 2.69. The highest BCUT2D eigenvalue weighted by Crippen LogP contribution is 2.25. The van der Waals surface area contributed by atoms with Crippen molar-refractivity contribution in [3.63, 3.8) is 0 Å². The number of aromatic nitrogens is 2. The van der Waals surface area contributed by atoms with Gasteiger partial charge in [0.05, 0.1) is 5.69 Å². The van der Waals surface area contributed by atoms with Gasteiger partial charge in [0.2, 0.25) is 0 Å². The van der Waals surface area contributed by atoms with E-state index in [9.17, 15) is 0 Å². The molecular weight excluding hydrogens is 220 g/mol. The second-order valence-corrected chi connectivity index (χ2v) is 4.27. The molecule has 0 radical (unpaired) electrons. The van der Waals surface area contributed by atoms with Crippen LogP contribution in [-0.2, 0) is 0 Å². The number of hydrogen-bond acceptors (Lipinski definition) is 1. The Morgan fingerprint density at radius 3 is 2.28 bits per heavy atom. The van der Waals surface area contributed by atoms with Gasteiger partial charge in [0.25, 0.3) is 0 Å². The van der Waals surface area contributed by atoms with E-state index in [0.717, 1.165) is 0 Å². The van der Waals surface area contributed by atoms with Crippen LogP contribution in [0.4, 0.5) is 0 Å². The molecule has 0 atom stereocenters. The van der Waals surface area contributed by atoms with E-state index in [1.54, 1.807) is 0 Å². The number of rotatable bonds is 2. The first-order valence-electron chi connectivity index (χ1n) is 6.00. The summed E-state index contributed by atoms with van der Waals surface area (Å²) in [6.07, 6.45) is 3.65. The fourth-order valence-corrected chi connectivity index (χ4v) is 2.21. The Bertz CT molecular complexity index is 639. The van der Waals surface area contributed by atoms with Gasteiger partial charge < -0.3 is 4.57 Å². The summed E-state index contributed by atoms with van der Waals surface area (Å²) < 4.78 is 2.26. The molecule has 0 bridgehead atoms. The number of benzene rings is 1. The number of para-hydroxylation sites is 1.